The minimum absolute atomic E-state index is 0.466. The molecule has 0 fully saturated rings. The Balaban J connectivity index is 2.75. The molecule has 0 aliphatic rings. The van der Waals surface area contributed by atoms with Crippen molar-refractivity contribution in [2.75, 3.05) is 0 Å². The summed E-state index contributed by atoms with van der Waals surface area (Å²) in [6.45, 7) is 22.2. The highest BCUT2D eigenvalue weighted by atomic mass is 16.4. The van der Waals surface area contributed by atoms with Crippen LogP contribution in [0.4, 0.5) is 0 Å². The van der Waals surface area contributed by atoms with Crippen molar-refractivity contribution in [1.82, 2.24) is 0 Å². The lowest BCUT2D eigenvalue weighted by Gasteiger charge is -2.05. The molecule has 0 aromatic carbocycles. The van der Waals surface area contributed by atoms with E-state index < -0.39 is 0 Å². The highest BCUT2D eigenvalue weighted by Crippen LogP contribution is 2.40. The van der Waals surface area contributed by atoms with Crippen molar-refractivity contribution < 1.29 is 8.83 Å². The molecule has 0 unspecified atom stereocenters. The molecule has 0 radical (unpaired) electrons. The Labute approximate surface area is 164 Å². The Bertz CT molecular complexity index is 946. The molecular formula is C24H29BO2. The van der Waals surface area contributed by atoms with Gasteiger partial charge in [0.1, 0.15) is 19.4 Å². The van der Waals surface area contributed by atoms with Gasteiger partial charge < -0.3 is 8.83 Å². The number of rotatable bonds is 7. The van der Waals surface area contributed by atoms with Crippen LogP contribution < -0.4 is 0 Å². The Morgan fingerprint density at radius 1 is 0.852 bits per heavy atom. The van der Waals surface area contributed by atoms with Gasteiger partial charge in [-0.25, -0.2) is 0 Å². The highest BCUT2D eigenvalue weighted by molar-refractivity contribution is 6.25. The second kappa shape index (κ2) is 8.34. The van der Waals surface area contributed by atoms with E-state index in [1.54, 1.807) is 0 Å². The summed E-state index contributed by atoms with van der Waals surface area (Å²) in [4.78, 5) is 0. The van der Waals surface area contributed by atoms with Crippen LogP contribution in [0.15, 0.2) is 45.7 Å². The first-order valence-corrected chi connectivity index (χ1v) is 9.26. The molecule has 0 saturated heterocycles. The third-order valence-corrected chi connectivity index (χ3v) is 4.93. The molecule has 140 valence electrons. The molecule has 0 spiro atoms. The van der Waals surface area contributed by atoms with Crippen molar-refractivity contribution in [2.24, 2.45) is 5.92 Å². The minimum Gasteiger partial charge on any atom is -0.457 e. The zero-order valence-corrected chi connectivity index (χ0v) is 17.4. The van der Waals surface area contributed by atoms with E-state index in [9.17, 15) is 0 Å². The standard InChI is InChI=1S/C24H29BO2/c1-9-18(25)13-22-17(8)27-24(20(22)11-3)23-19(10-2)21(16(7)26-23)12-15(6)14(4)5/h9-14H,1-3,25H2,4-8H3/b15-12+,18-13+. The summed E-state index contributed by atoms with van der Waals surface area (Å²) < 4.78 is 12.3. The average molecular weight is 360 g/mol. The second-order valence-corrected chi connectivity index (χ2v) is 7.17. The van der Waals surface area contributed by atoms with Crippen LogP contribution in [0.1, 0.15) is 54.5 Å². The topological polar surface area (TPSA) is 26.3 Å². The molecule has 3 heteroatoms. The van der Waals surface area contributed by atoms with Gasteiger partial charge in [0.05, 0.1) is 0 Å². The van der Waals surface area contributed by atoms with E-state index in [0.717, 1.165) is 39.2 Å². The molecular weight excluding hydrogens is 331 g/mol. The smallest absolute Gasteiger partial charge is 0.178 e. The van der Waals surface area contributed by atoms with Crippen LogP contribution in [0.5, 0.6) is 0 Å². The van der Waals surface area contributed by atoms with Crippen LogP contribution in [0.25, 0.3) is 35.8 Å². The first-order chi connectivity index (χ1) is 12.7. The van der Waals surface area contributed by atoms with Gasteiger partial charge in [0.15, 0.2) is 11.5 Å². The lowest BCUT2D eigenvalue weighted by molar-refractivity contribution is 0.493. The van der Waals surface area contributed by atoms with E-state index in [2.05, 4.69) is 52.7 Å². The lowest BCUT2D eigenvalue weighted by Crippen LogP contribution is -1.89. The number of hydrogen-bond donors (Lipinski definition) is 0. The van der Waals surface area contributed by atoms with Gasteiger partial charge in [-0.2, -0.15) is 0 Å². The fraction of sp³-hybridized carbons (Fsp3) is 0.250. The predicted octanol–water partition coefficient (Wildman–Crippen LogP) is 6.66. The molecule has 0 N–H and O–H groups in total. The summed E-state index contributed by atoms with van der Waals surface area (Å²) >= 11 is 0. The number of allylic oxidation sites excluding steroid dienone is 3. The van der Waals surface area contributed by atoms with E-state index in [-0.39, 0.29) is 0 Å². The van der Waals surface area contributed by atoms with Gasteiger partial charge in [-0.15, -0.1) is 0 Å². The van der Waals surface area contributed by atoms with E-state index >= 15 is 0 Å². The summed E-state index contributed by atoms with van der Waals surface area (Å²) in [6, 6.07) is 0. The van der Waals surface area contributed by atoms with Crippen LogP contribution in [0.3, 0.4) is 0 Å². The molecule has 2 aromatic heterocycles. The van der Waals surface area contributed by atoms with E-state index in [1.165, 1.54) is 5.57 Å². The molecule has 0 saturated carbocycles. The van der Waals surface area contributed by atoms with E-state index in [0.29, 0.717) is 17.4 Å². The van der Waals surface area contributed by atoms with Crippen molar-refractivity contribution in [1.29, 1.82) is 0 Å². The Morgan fingerprint density at radius 3 is 1.67 bits per heavy atom. The highest BCUT2D eigenvalue weighted by Gasteiger charge is 2.23. The first-order valence-electron chi connectivity index (χ1n) is 9.26. The Kier molecular flexibility index (Phi) is 6.38. The molecule has 2 rings (SSSR count). The largest absolute Gasteiger partial charge is 0.457 e. The van der Waals surface area contributed by atoms with Crippen LogP contribution in [-0.4, -0.2) is 7.85 Å². The fourth-order valence-electron chi connectivity index (χ4n) is 2.93. The molecule has 2 nitrogen and oxygen atoms in total. The lowest BCUT2D eigenvalue weighted by atomic mass is 9.92. The Morgan fingerprint density at radius 2 is 1.30 bits per heavy atom. The van der Waals surface area contributed by atoms with Crippen LogP contribution >= 0.6 is 0 Å². The van der Waals surface area contributed by atoms with Crippen molar-refractivity contribution in [3.63, 3.8) is 0 Å². The summed E-state index contributed by atoms with van der Waals surface area (Å²) in [5, 5.41) is 0. The van der Waals surface area contributed by atoms with Crippen LogP contribution in [0, 0.1) is 19.8 Å². The number of furan rings is 2. The monoisotopic (exact) mass is 360 g/mol. The molecule has 2 aromatic rings. The molecule has 0 bridgehead atoms. The molecule has 0 aliphatic heterocycles. The maximum absolute atomic E-state index is 6.15. The minimum atomic E-state index is 0.466. The quantitative estimate of drug-likeness (QED) is 0.407. The maximum atomic E-state index is 6.15. The third kappa shape index (κ3) is 4.03. The van der Waals surface area contributed by atoms with Crippen molar-refractivity contribution >= 4 is 32.2 Å². The molecule has 27 heavy (non-hydrogen) atoms. The predicted molar refractivity (Wildman–Crippen MR) is 121 cm³/mol. The van der Waals surface area contributed by atoms with Gasteiger partial charge in [0, 0.05) is 22.3 Å². The second-order valence-electron chi connectivity index (χ2n) is 7.17. The average Bonchev–Trinajstić information content (AvgIpc) is 3.11. The summed E-state index contributed by atoms with van der Waals surface area (Å²) in [7, 11) is 2.01. The number of aryl methyl sites for hydroxylation is 2. The van der Waals surface area contributed by atoms with Gasteiger partial charge in [0.25, 0.3) is 0 Å². The van der Waals surface area contributed by atoms with Gasteiger partial charge >= 0.3 is 0 Å². The van der Waals surface area contributed by atoms with Crippen LogP contribution in [0.2, 0.25) is 0 Å². The summed E-state index contributed by atoms with van der Waals surface area (Å²) in [5.41, 5.74) is 6.26. The van der Waals surface area contributed by atoms with Gasteiger partial charge in [-0.3, -0.25) is 0 Å². The Hall–Kier alpha value is -2.68. The summed E-state index contributed by atoms with van der Waals surface area (Å²) in [5.74, 6) is 3.52. The van der Waals surface area contributed by atoms with Gasteiger partial charge in [-0.1, -0.05) is 75.0 Å². The van der Waals surface area contributed by atoms with Crippen LogP contribution in [-0.2, 0) is 0 Å². The zero-order chi connectivity index (χ0) is 20.3. The zero-order valence-electron chi connectivity index (χ0n) is 17.4. The molecule has 2 heterocycles. The first kappa shape index (κ1) is 20.6. The van der Waals surface area contributed by atoms with Gasteiger partial charge in [-0.05, 0) is 26.7 Å². The van der Waals surface area contributed by atoms with Crippen molar-refractivity contribution in [3.8, 4) is 11.5 Å². The van der Waals surface area contributed by atoms with Gasteiger partial charge in [0.2, 0.25) is 0 Å². The SMILES string of the molecule is B/C(C=C)=C/c1c(C)oc(-c2oc(C)c(/C=C(\C)C(C)C)c2C=C)c1C=C. The maximum Gasteiger partial charge on any atom is 0.178 e. The molecule has 0 aliphatic carbocycles. The fourth-order valence-corrected chi connectivity index (χ4v) is 2.93. The molecule has 0 amide bonds. The third-order valence-electron chi connectivity index (χ3n) is 4.93. The normalized spacial score (nSPS) is 12.5. The molecule has 0 atom stereocenters. The summed E-state index contributed by atoms with van der Waals surface area (Å²) in [6.07, 6.45) is 9.70. The number of hydrogen-bond acceptors (Lipinski definition) is 2. The van der Waals surface area contributed by atoms with Crippen molar-refractivity contribution in [2.45, 2.75) is 34.6 Å². The van der Waals surface area contributed by atoms with E-state index in [4.69, 9.17) is 8.83 Å². The van der Waals surface area contributed by atoms with E-state index in [1.807, 2.05) is 39.9 Å². The van der Waals surface area contributed by atoms with Crippen molar-refractivity contribution in [3.05, 3.63) is 70.6 Å².